The largest absolute Gasteiger partial charge is 0.337 e. The molecule has 1 amide bonds. The van der Waals surface area contributed by atoms with Gasteiger partial charge in [-0.25, -0.2) is 0 Å². The van der Waals surface area contributed by atoms with Gasteiger partial charge in [-0.2, -0.15) is 5.10 Å². The Morgan fingerprint density at radius 1 is 1.42 bits per heavy atom. The zero-order chi connectivity index (χ0) is 13.7. The monoisotopic (exact) mass is 258 g/mol. The number of nitrogens with one attached hydrogen (secondary N) is 1. The summed E-state index contributed by atoms with van der Waals surface area (Å²) in [4.78, 5) is 14.0. The summed E-state index contributed by atoms with van der Waals surface area (Å²) in [7, 11) is 1.78. The number of aromatic nitrogens is 2. The minimum absolute atomic E-state index is 0.0000661. The fraction of sp³-hybridized carbons (Fsp3) is 0.286. The lowest BCUT2D eigenvalue weighted by Crippen LogP contribution is -2.26. The fourth-order valence-corrected chi connectivity index (χ4v) is 1.96. The van der Waals surface area contributed by atoms with Crippen LogP contribution >= 0.6 is 0 Å². The van der Waals surface area contributed by atoms with E-state index in [4.69, 9.17) is 5.73 Å². The van der Waals surface area contributed by atoms with Crippen molar-refractivity contribution in [1.29, 1.82) is 0 Å². The smallest absolute Gasteiger partial charge is 0.253 e. The zero-order valence-corrected chi connectivity index (χ0v) is 11.0. The van der Waals surface area contributed by atoms with E-state index in [1.165, 1.54) is 0 Å². The van der Waals surface area contributed by atoms with E-state index < -0.39 is 0 Å². The summed E-state index contributed by atoms with van der Waals surface area (Å²) in [5, 5.41) is 6.61. The summed E-state index contributed by atoms with van der Waals surface area (Å²) in [6, 6.07) is 7.61. The van der Waals surface area contributed by atoms with Crippen molar-refractivity contribution in [2.24, 2.45) is 5.73 Å². The number of carbonyl (C=O) groups is 1. The van der Waals surface area contributed by atoms with Gasteiger partial charge in [-0.05, 0) is 30.7 Å². The highest BCUT2D eigenvalue weighted by Gasteiger charge is 2.12. The van der Waals surface area contributed by atoms with Gasteiger partial charge in [0.1, 0.15) is 0 Å². The van der Waals surface area contributed by atoms with E-state index in [9.17, 15) is 4.79 Å². The molecular formula is C14H18N4O. The van der Waals surface area contributed by atoms with Crippen molar-refractivity contribution in [3.8, 4) is 0 Å². The Balaban J connectivity index is 2.08. The summed E-state index contributed by atoms with van der Waals surface area (Å²) in [6.07, 6.45) is 4.29. The van der Waals surface area contributed by atoms with E-state index >= 15 is 0 Å². The van der Waals surface area contributed by atoms with Crippen molar-refractivity contribution in [3.05, 3.63) is 53.3 Å². The van der Waals surface area contributed by atoms with Crippen LogP contribution in [0.3, 0.4) is 0 Å². The van der Waals surface area contributed by atoms with Crippen molar-refractivity contribution in [2.75, 3.05) is 13.6 Å². The van der Waals surface area contributed by atoms with Gasteiger partial charge in [0.15, 0.2) is 0 Å². The van der Waals surface area contributed by atoms with Gasteiger partial charge in [-0.15, -0.1) is 0 Å². The molecule has 2 rings (SSSR count). The molecule has 0 aliphatic rings. The van der Waals surface area contributed by atoms with Crippen molar-refractivity contribution in [3.63, 3.8) is 0 Å². The topological polar surface area (TPSA) is 75.0 Å². The van der Waals surface area contributed by atoms with Gasteiger partial charge < -0.3 is 10.6 Å². The molecule has 0 atom stereocenters. The first kappa shape index (κ1) is 13.3. The molecule has 1 heterocycles. The maximum Gasteiger partial charge on any atom is 0.253 e. The third-order valence-electron chi connectivity index (χ3n) is 2.93. The van der Waals surface area contributed by atoms with Crippen molar-refractivity contribution < 1.29 is 4.79 Å². The molecule has 3 N–H and O–H groups in total. The molecule has 0 aliphatic carbocycles. The van der Waals surface area contributed by atoms with Crippen molar-refractivity contribution in [1.82, 2.24) is 15.1 Å². The number of hydrogen-bond acceptors (Lipinski definition) is 3. The van der Waals surface area contributed by atoms with E-state index in [1.54, 1.807) is 24.3 Å². The quantitative estimate of drug-likeness (QED) is 0.845. The van der Waals surface area contributed by atoms with Crippen LogP contribution < -0.4 is 5.73 Å². The highest BCUT2D eigenvalue weighted by molar-refractivity contribution is 5.94. The van der Waals surface area contributed by atoms with Crippen LogP contribution in [-0.2, 0) is 13.0 Å². The summed E-state index contributed by atoms with van der Waals surface area (Å²) in [6.45, 7) is 1.12. The van der Waals surface area contributed by atoms with E-state index in [1.807, 2.05) is 24.3 Å². The zero-order valence-electron chi connectivity index (χ0n) is 11.0. The molecule has 0 aliphatic heterocycles. The van der Waals surface area contributed by atoms with Gasteiger partial charge in [0.05, 0.1) is 6.20 Å². The molecule has 0 unspecified atom stereocenters. The Labute approximate surface area is 112 Å². The number of benzene rings is 1. The van der Waals surface area contributed by atoms with Gasteiger partial charge in [0.2, 0.25) is 0 Å². The molecule has 100 valence electrons. The third-order valence-corrected chi connectivity index (χ3v) is 2.93. The number of aromatic amines is 1. The summed E-state index contributed by atoms with van der Waals surface area (Å²) in [5.74, 6) is 0.0000661. The Hall–Kier alpha value is -2.14. The molecule has 0 spiro atoms. The number of H-pyrrole nitrogens is 1. The molecule has 1 aromatic heterocycles. The average molecular weight is 258 g/mol. The lowest BCUT2D eigenvalue weighted by Gasteiger charge is -2.16. The van der Waals surface area contributed by atoms with Crippen molar-refractivity contribution >= 4 is 5.91 Å². The van der Waals surface area contributed by atoms with Crippen molar-refractivity contribution in [2.45, 2.75) is 13.0 Å². The van der Waals surface area contributed by atoms with Crippen LogP contribution in [0.4, 0.5) is 0 Å². The predicted molar refractivity (Wildman–Crippen MR) is 73.6 cm³/mol. The SMILES string of the molecule is CN(Cc1cn[nH]c1)C(=O)c1cccc(CCN)c1. The summed E-state index contributed by atoms with van der Waals surface area (Å²) in [5.41, 5.74) is 8.29. The molecule has 0 fully saturated rings. The minimum Gasteiger partial charge on any atom is -0.337 e. The highest BCUT2D eigenvalue weighted by atomic mass is 16.2. The third kappa shape index (κ3) is 3.42. The number of hydrogen-bond donors (Lipinski definition) is 2. The number of amides is 1. The molecular weight excluding hydrogens is 240 g/mol. The molecule has 0 saturated carbocycles. The Bertz CT molecular complexity index is 536. The Kier molecular flexibility index (Phi) is 4.30. The second kappa shape index (κ2) is 6.15. The van der Waals surface area contributed by atoms with Gasteiger partial charge in [-0.3, -0.25) is 9.89 Å². The molecule has 5 heteroatoms. The average Bonchev–Trinajstić information content (AvgIpc) is 2.91. The molecule has 1 aromatic carbocycles. The second-order valence-corrected chi connectivity index (χ2v) is 4.51. The van der Waals surface area contributed by atoms with E-state index in [0.717, 1.165) is 17.5 Å². The number of nitrogens with zero attached hydrogens (tertiary/aromatic N) is 2. The molecule has 0 bridgehead atoms. The van der Waals surface area contributed by atoms with E-state index in [-0.39, 0.29) is 5.91 Å². The molecule has 2 aromatic rings. The van der Waals surface area contributed by atoms with E-state index in [2.05, 4.69) is 10.2 Å². The summed E-state index contributed by atoms with van der Waals surface area (Å²) >= 11 is 0. The van der Waals surface area contributed by atoms with Crippen LogP contribution in [-0.4, -0.2) is 34.6 Å². The number of rotatable bonds is 5. The van der Waals surface area contributed by atoms with Gasteiger partial charge in [-0.1, -0.05) is 12.1 Å². The first-order valence-corrected chi connectivity index (χ1v) is 6.23. The molecule has 5 nitrogen and oxygen atoms in total. The Morgan fingerprint density at radius 3 is 2.95 bits per heavy atom. The van der Waals surface area contributed by atoms with Crippen LogP contribution in [0.15, 0.2) is 36.7 Å². The lowest BCUT2D eigenvalue weighted by atomic mass is 10.1. The maximum absolute atomic E-state index is 12.3. The lowest BCUT2D eigenvalue weighted by molar-refractivity contribution is 0.0785. The summed E-state index contributed by atoms with van der Waals surface area (Å²) < 4.78 is 0. The Morgan fingerprint density at radius 2 is 2.26 bits per heavy atom. The maximum atomic E-state index is 12.3. The highest BCUT2D eigenvalue weighted by Crippen LogP contribution is 2.10. The second-order valence-electron chi connectivity index (χ2n) is 4.51. The van der Waals surface area contributed by atoms with E-state index in [0.29, 0.717) is 18.7 Å². The predicted octanol–water partition coefficient (Wildman–Crippen LogP) is 1.18. The van der Waals surface area contributed by atoms with Crippen LogP contribution in [0.1, 0.15) is 21.5 Å². The first-order valence-electron chi connectivity index (χ1n) is 6.23. The normalized spacial score (nSPS) is 10.4. The molecule has 19 heavy (non-hydrogen) atoms. The number of nitrogens with two attached hydrogens (primary N) is 1. The minimum atomic E-state index is 0.0000661. The van der Waals surface area contributed by atoms with Gasteiger partial charge in [0.25, 0.3) is 5.91 Å². The first-order chi connectivity index (χ1) is 9.20. The number of carbonyl (C=O) groups excluding carboxylic acids is 1. The van der Waals surface area contributed by atoms with Crippen LogP contribution in [0.5, 0.6) is 0 Å². The van der Waals surface area contributed by atoms with Gasteiger partial charge in [0, 0.05) is 30.9 Å². The molecule has 0 radical (unpaired) electrons. The fourth-order valence-electron chi connectivity index (χ4n) is 1.96. The standard InChI is InChI=1S/C14H18N4O/c1-18(10-12-8-16-17-9-12)14(19)13-4-2-3-11(7-13)5-6-15/h2-4,7-9H,5-6,10,15H2,1H3,(H,16,17). The van der Waals surface area contributed by atoms with Crippen LogP contribution in [0.25, 0.3) is 0 Å². The van der Waals surface area contributed by atoms with Gasteiger partial charge >= 0.3 is 0 Å². The van der Waals surface area contributed by atoms with Crippen LogP contribution in [0, 0.1) is 0 Å². The van der Waals surface area contributed by atoms with Crippen LogP contribution in [0.2, 0.25) is 0 Å². The molecule has 0 saturated heterocycles.